The largest absolute Gasteiger partial charge is 0.508 e. The second-order valence-corrected chi connectivity index (χ2v) is 6.59. The van der Waals surface area contributed by atoms with Gasteiger partial charge in [-0.2, -0.15) is 0 Å². The molecule has 0 fully saturated rings. The second kappa shape index (κ2) is 8.18. The van der Waals surface area contributed by atoms with Gasteiger partial charge in [-0.05, 0) is 49.0 Å². The van der Waals surface area contributed by atoms with Crippen molar-refractivity contribution in [2.75, 3.05) is 19.5 Å². The molecule has 0 saturated carbocycles. The van der Waals surface area contributed by atoms with Gasteiger partial charge in [-0.15, -0.1) is 0 Å². The van der Waals surface area contributed by atoms with Crippen LogP contribution in [0.1, 0.15) is 18.5 Å². The molecule has 0 saturated heterocycles. The molecular formula is C20H21N3O4S. The zero-order valence-electron chi connectivity index (χ0n) is 15.7. The van der Waals surface area contributed by atoms with Crippen LogP contribution in [-0.4, -0.2) is 30.3 Å². The summed E-state index contributed by atoms with van der Waals surface area (Å²) in [7, 11) is 3.08. The Labute approximate surface area is 168 Å². The zero-order valence-corrected chi connectivity index (χ0v) is 16.5. The predicted molar refractivity (Wildman–Crippen MR) is 111 cm³/mol. The molecule has 0 radical (unpaired) electrons. The van der Waals surface area contributed by atoms with Crippen LogP contribution < -0.4 is 25.4 Å². The minimum atomic E-state index is -0.467. The Morgan fingerprint density at radius 1 is 1.14 bits per heavy atom. The standard InChI is InChI=1S/C20H21N3O4S/c1-11-17(18(23-20(28)21-11)12-4-6-13(24)7-5-12)19(25)22-15-10-14(26-2)8-9-16(15)27-3/h4-10,18,24H,1-3H3,(H,22,25)(H2,21,23,28)/t18-/m0/s1. The molecule has 4 N–H and O–H groups in total. The van der Waals surface area contributed by atoms with E-state index in [2.05, 4.69) is 16.0 Å². The molecule has 8 heteroatoms. The third-order valence-corrected chi connectivity index (χ3v) is 4.61. The molecular weight excluding hydrogens is 378 g/mol. The Bertz CT molecular complexity index is 941. The molecule has 1 amide bonds. The van der Waals surface area contributed by atoms with Crippen molar-refractivity contribution in [3.63, 3.8) is 0 Å². The van der Waals surface area contributed by atoms with Crippen LogP contribution in [0.3, 0.4) is 0 Å². The van der Waals surface area contributed by atoms with Gasteiger partial charge in [0.25, 0.3) is 5.91 Å². The highest BCUT2D eigenvalue weighted by Gasteiger charge is 2.30. The van der Waals surface area contributed by atoms with E-state index in [0.29, 0.717) is 33.6 Å². The molecule has 0 bridgehead atoms. The number of carbonyl (C=O) groups excluding carboxylic acids is 1. The van der Waals surface area contributed by atoms with Gasteiger partial charge in [0, 0.05) is 11.8 Å². The number of hydrogen-bond acceptors (Lipinski definition) is 5. The molecule has 0 spiro atoms. The quantitative estimate of drug-likeness (QED) is 0.575. The minimum absolute atomic E-state index is 0.146. The molecule has 2 aromatic rings. The number of aromatic hydroxyl groups is 1. The number of phenolic OH excluding ortho intramolecular Hbond substituents is 1. The average Bonchev–Trinajstić information content (AvgIpc) is 2.67. The summed E-state index contributed by atoms with van der Waals surface area (Å²) in [6.07, 6.45) is 0. The molecule has 0 aliphatic carbocycles. The highest BCUT2D eigenvalue weighted by molar-refractivity contribution is 7.80. The molecule has 146 valence electrons. The number of nitrogens with one attached hydrogen (secondary N) is 3. The summed E-state index contributed by atoms with van der Waals surface area (Å²) in [5.41, 5.74) is 2.40. The van der Waals surface area contributed by atoms with Gasteiger partial charge in [0.1, 0.15) is 17.2 Å². The number of hydrogen-bond donors (Lipinski definition) is 4. The number of benzene rings is 2. The highest BCUT2D eigenvalue weighted by Crippen LogP contribution is 2.32. The third kappa shape index (κ3) is 4.01. The monoisotopic (exact) mass is 399 g/mol. The second-order valence-electron chi connectivity index (χ2n) is 6.18. The maximum absolute atomic E-state index is 13.2. The Balaban J connectivity index is 1.97. The van der Waals surface area contributed by atoms with E-state index >= 15 is 0 Å². The summed E-state index contributed by atoms with van der Waals surface area (Å²) < 4.78 is 10.6. The summed E-state index contributed by atoms with van der Waals surface area (Å²) in [6, 6.07) is 11.3. The molecule has 1 atom stereocenters. The maximum atomic E-state index is 13.2. The van der Waals surface area contributed by atoms with Crippen molar-refractivity contribution in [3.8, 4) is 17.2 Å². The van der Waals surface area contributed by atoms with E-state index in [-0.39, 0.29) is 11.7 Å². The van der Waals surface area contributed by atoms with Crippen molar-refractivity contribution in [2.24, 2.45) is 0 Å². The lowest BCUT2D eigenvalue weighted by atomic mass is 9.95. The lowest BCUT2D eigenvalue weighted by Gasteiger charge is -2.30. The van der Waals surface area contributed by atoms with Crippen LogP contribution in [0.2, 0.25) is 0 Å². The van der Waals surface area contributed by atoms with Crippen molar-refractivity contribution in [1.29, 1.82) is 0 Å². The zero-order chi connectivity index (χ0) is 20.3. The maximum Gasteiger partial charge on any atom is 0.255 e. The van der Waals surface area contributed by atoms with Crippen LogP contribution in [0.4, 0.5) is 5.69 Å². The number of allylic oxidation sites excluding steroid dienone is 1. The highest BCUT2D eigenvalue weighted by atomic mass is 32.1. The molecule has 0 aromatic heterocycles. The number of methoxy groups -OCH3 is 2. The lowest BCUT2D eigenvalue weighted by Crippen LogP contribution is -2.45. The van der Waals surface area contributed by atoms with Crippen LogP contribution in [0.15, 0.2) is 53.7 Å². The van der Waals surface area contributed by atoms with Crippen LogP contribution >= 0.6 is 12.2 Å². The average molecular weight is 399 g/mol. The van der Waals surface area contributed by atoms with E-state index in [1.54, 1.807) is 56.5 Å². The van der Waals surface area contributed by atoms with Gasteiger partial charge in [0.2, 0.25) is 0 Å². The Morgan fingerprint density at radius 2 is 1.86 bits per heavy atom. The summed E-state index contributed by atoms with van der Waals surface area (Å²) in [4.78, 5) is 13.2. The number of thiocarbonyl (C=S) groups is 1. The molecule has 1 aliphatic heterocycles. The Hall–Kier alpha value is -3.26. The number of amides is 1. The summed E-state index contributed by atoms with van der Waals surface area (Å²) in [5.74, 6) is 0.941. The molecule has 28 heavy (non-hydrogen) atoms. The number of rotatable bonds is 5. The van der Waals surface area contributed by atoms with Crippen molar-refractivity contribution in [1.82, 2.24) is 10.6 Å². The molecule has 2 aromatic carbocycles. The summed E-state index contributed by atoms with van der Waals surface area (Å²) >= 11 is 5.25. The molecule has 1 heterocycles. The normalized spacial score (nSPS) is 16.1. The number of anilines is 1. The van der Waals surface area contributed by atoms with E-state index < -0.39 is 6.04 Å². The van der Waals surface area contributed by atoms with Gasteiger partial charge < -0.3 is 30.5 Å². The molecule has 3 rings (SSSR count). The van der Waals surface area contributed by atoms with Crippen molar-refractivity contribution < 1.29 is 19.4 Å². The Kier molecular flexibility index (Phi) is 5.70. The fourth-order valence-corrected chi connectivity index (χ4v) is 3.28. The van der Waals surface area contributed by atoms with Crippen molar-refractivity contribution in [3.05, 3.63) is 59.3 Å². The minimum Gasteiger partial charge on any atom is -0.508 e. The van der Waals surface area contributed by atoms with Crippen molar-refractivity contribution >= 4 is 28.9 Å². The third-order valence-electron chi connectivity index (χ3n) is 4.40. The van der Waals surface area contributed by atoms with E-state index in [1.165, 1.54) is 7.11 Å². The van der Waals surface area contributed by atoms with Gasteiger partial charge in [-0.25, -0.2) is 0 Å². The van der Waals surface area contributed by atoms with E-state index in [0.717, 1.165) is 5.56 Å². The fourth-order valence-electron chi connectivity index (χ4n) is 3.01. The van der Waals surface area contributed by atoms with Gasteiger partial charge in [-0.3, -0.25) is 4.79 Å². The summed E-state index contributed by atoms with van der Waals surface area (Å²) in [5, 5.41) is 19.0. The van der Waals surface area contributed by atoms with Crippen LogP contribution in [0.5, 0.6) is 17.2 Å². The van der Waals surface area contributed by atoms with Gasteiger partial charge >= 0.3 is 0 Å². The first-order valence-electron chi connectivity index (χ1n) is 8.53. The number of ether oxygens (including phenoxy) is 2. The Morgan fingerprint density at radius 3 is 2.50 bits per heavy atom. The molecule has 1 aliphatic rings. The molecule has 0 unspecified atom stereocenters. The fraction of sp³-hybridized carbons (Fsp3) is 0.200. The van der Waals surface area contributed by atoms with Crippen molar-refractivity contribution in [2.45, 2.75) is 13.0 Å². The predicted octanol–water partition coefficient (Wildman–Crippen LogP) is 2.84. The van der Waals surface area contributed by atoms with E-state index in [4.69, 9.17) is 21.7 Å². The molecule has 7 nitrogen and oxygen atoms in total. The van der Waals surface area contributed by atoms with Gasteiger partial charge in [0.05, 0.1) is 31.5 Å². The number of phenols is 1. The smallest absolute Gasteiger partial charge is 0.255 e. The topological polar surface area (TPSA) is 91.9 Å². The lowest BCUT2D eigenvalue weighted by molar-refractivity contribution is -0.113. The van der Waals surface area contributed by atoms with Gasteiger partial charge in [-0.1, -0.05) is 12.1 Å². The SMILES string of the molecule is COc1ccc(OC)c(NC(=O)C2=C(C)NC(=S)N[C@H]2c2ccc(O)cc2)c1. The first kappa shape index (κ1) is 19.5. The van der Waals surface area contributed by atoms with Crippen LogP contribution in [0.25, 0.3) is 0 Å². The van der Waals surface area contributed by atoms with Gasteiger partial charge in [0.15, 0.2) is 5.11 Å². The first-order chi connectivity index (χ1) is 13.4. The van der Waals surface area contributed by atoms with Crippen LogP contribution in [0, 0.1) is 0 Å². The summed E-state index contributed by atoms with van der Waals surface area (Å²) in [6.45, 7) is 1.79. The van der Waals surface area contributed by atoms with Crippen LogP contribution in [-0.2, 0) is 4.79 Å². The number of carbonyl (C=O) groups is 1. The van der Waals surface area contributed by atoms with E-state index in [9.17, 15) is 9.90 Å². The van der Waals surface area contributed by atoms with E-state index in [1.807, 2.05) is 0 Å². The first-order valence-corrected chi connectivity index (χ1v) is 8.94.